The highest BCUT2D eigenvalue weighted by atomic mass is 32.2. The maximum Gasteiger partial charge on any atom is 0.313 e. The Morgan fingerprint density at radius 3 is 3.06 bits per heavy atom. The van der Waals surface area contributed by atoms with Crippen molar-refractivity contribution in [3.63, 3.8) is 0 Å². The van der Waals surface area contributed by atoms with Gasteiger partial charge in [0.05, 0.1) is 18.6 Å². The highest BCUT2D eigenvalue weighted by Crippen LogP contribution is 2.19. The van der Waals surface area contributed by atoms with E-state index in [1.54, 1.807) is 23.0 Å². The lowest BCUT2D eigenvalue weighted by molar-refractivity contribution is -0.133. The number of anilines is 1. The minimum atomic E-state index is -0.916. The van der Waals surface area contributed by atoms with Crippen molar-refractivity contribution in [3.8, 4) is 0 Å². The number of nitrogens with two attached hydrogens (primary N) is 1. The lowest BCUT2D eigenvalue weighted by Gasteiger charge is -2.04. The lowest BCUT2D eigenvalue weighted by atomic mass is 10.4. The van der Waals surface area contributed by atoms with E-state index in [0.29, 0.717) is 17.5 Å². The number of aliphatic carboxylic acids is 1. The molecule has 2 aromatic heterocycles. The van der Waals surface area contributed by atoms with Gasteiger partial charge in [-0.2, -0.15) is 0 Å². The Morgan fingerprint density at radius 1 is 1.59 bits per heavy atom. The first kappa shape index (κ1) is 11.5. The van der Waals surface area contributed by atoms with Crippen LogP contribution in [-0.2, 0) is 11.3 Å². The number of thioether (sulfide) groups is 1. The summed E-state index contributed by atoms with van der Waals surface area (Å²) in [4.78, 5) is 10.5. The normalized spacial score (nSPS) is 10.6. The summed E-state index contributed by atoms with van der Waals surface area (Å²) in [5.74, 6) is -0.0693. The fourth-order valence-corrected chi connectivity index (χ4v) is 1.91. The van der Waals surface area contributed by atoms with Gasteiger partial charge in [-0.15, -0.1) is 10.2 Å². The minimum absolute atomic E-state index is 0.0870. The smallest absolute Gasteiger partial charge is 0.313 e. The average molecular weight is 254 g/mol. The molecular weight excluding hydrogens is 244 g/mol. The highest BCUT2D eigenvalue weighted by molar-refractivity contribution is 7.99. The second kappa shape index (κ2) is 4.91. The summed E-state index contributed by atoms with van der Waals surface area (Å²) in [7, 11) is 0. The van der Waals surface area contributed by atoms with Crippen LogP contribution >= 0.6 is 11.8 Å². The van der Waals surface area contributed by atoms with Crippen LogP contribution in [0.25, 0.3) is 0 Å². The molecule has 2 aromatic rings. The Kier molecular flexibility index (Phi) is 3.33. The van der Waals surface area contributed by atoms with Gasteiger partial charge in [-0.1, -0.05) is 11.8 Å². The number of carboxylic acid groups (broad SMARTS) is 1. The Morgan fingerprint density at radius 2 is 2.41 bits per heavy atom. The van der Waals surface area contributed by atoms with Crippen LogP contribution < -0.4 is 5.73 Å². The summed E-state index contributed by atoms with van der Waals surface area (Å²) in [5, 5.41) is 16.6. The van der Waals surface area contributed by atoms with E-state index in [9.17, 15) is 4.79 Å². The Bertz CT molecular complexity index is 508. The molecule has 0 spiro atoms. The van der Waals surface area contributed by atoms with E-state index < -0.39 is 5.97 Å². The molecule has 7 nitrogen and oxygen atoms in total. The molecule has 2 rings (SSSR count). The summed E-state index contributed by atoms with van der Waals surface area (Å²) in [5.41, 5.74) is 5.65. The predicted molar refractivity (Wildman–Crippen MR) is 60.6 cm³/mol. The third-order valence-electron chi connectivity index (χ3n) is 1.96. The molecule has 0 aliphatic carbocycles. The SMILES string of the molecule is Nc1nnc(SCC(=O)O)n1Cc1ccco1. The molecule has 0 saturated carbocycles. The molecule has 0 aliphatic heterocycles. The quantitative estimate of drug-likeness (QED) is 0.755. The summed E-state index contributed by atoms with van der Waals surface area (Å²) in [6, 6.07) is 3.56. The van der Waals surface area contributed by atoms with Gasteiger partial charge in [0.2, 0.25) is 5.95 Å². The Hall–Kier alpha value is -1.96. The number of hydrogen-bond donors (Lipinski definition) is 2. The van der Waals surface area contributed by atoms with Crippen LogP contribution in [0.4, 0.5) is 5.95 Å². The Labute approximate surface area is 101 Å². The van der Waals surface area contributed by atoms with Gasteiger partial charge in [0.15, 0.2) is 5.16 Å². The van der Waals surface area contributed by atoms with Crippen LogP contribution in [-0.4, -0.2) is 31.6 Å². The number of nitrogen functional groups attached to an aromatic ring is 1. The summed E-state index contributed by atoms with van der Waals surface area (Å²) < 4.78 is 6.79. The molecule has 0 atom stereocenters. The number of carbonyl (C=O) groups is 1. The molecular formula is C9H10N4O3S. The second-order valence-corrected chi connectivity index (χ2v) is 4.13. The fourth-order valence-electron chi connectivity index (χ4n) is 1.24. The summed E-state index contributed by atoms with van der Waals surface area (Å²) >= 11 is 1.07. The third kappa shape index (κ3) is 2.78. The molecule has 0 aromatic carbocycles. The van der Waals surface area contributed by atoms with E-state index in [-0.39, 0.29) is 11.7 Å². The van der Waals surface area contributed by atoms with Gasteiger partial charge >= 0.3 is 5.97 Å². The van der Waals surface area contributed by atoms with Gasteiger partial charge < -0.3 is 15.3 Å². The summed E-state index contributed by atoms with van der Waals surface area (Å²) in [6.07, 6.45) is 1.56. The van der Waals surface area contributed by atoms with Crippen LogP contribution in [0.2, 0.25) is 0 Å². The van der Waals surface area contributed by atoms with Crippen LogP contribution in [0, 0.1) is 0 Å². The van der Waals surface area contributed by atoms with Crippen molar-refractivity contribution in [2.75, 3.05) is 11.5 Å². The molecule has 0 radical (unpaired) electrons. The molecule has 3 N–H and O–H groups in total. The van der Waals surface area contributed by atoms with Gasteiger partial charge in [0.25, 0.3) is 0 Å². The molecule has 8 heteroatoms. The maximum atomic E-state index is 10.5. The van der Waals surface area contributed by atoms with Crippen LogP contribution in [0.3, 0.4) is 0 Å². The second-order valence-electron chi connectivity index (χ2n) is 3.19. The zero-order valence-electron chi connectivity index (χ0n) is 8.74. The molecule has 0 unspecified atom stereocenters. The highest BCUT2D eigenvalue weighted by Gasteiger charge is 2.12. The van der Waals surface area contributed by atoms with Crippen molar-refractivity contribution in [2.45, 2.75) is 11.7 Å². The van der Waals surface area contributed by atoms with Crippen LogP contribution in [0.5, 0.6) is 0 Å². The van der Waals surface area contributed by atoms with Gasteiger partial charge in [-0.05, 0) is 12.1 Å². The van der Waals surface area contributed by atoms with Crippen molar-refractivity contribution < 1.29 is 14.3 Å². The number of rotatable bonds is 5. The first-order chi connectivity index (χ1) is 8.16. The first-order valence-corrected chi connectivity index (χ1v) is 5.71. The molecule has 0 saturated heterocycles. The monoisotopic (exact) mass is 254 g/mol. The van der Waals surface area contributed by atoms with Crippen LogP contribution in [0.1, 0.15) is 5.76 Å². The van der Waals surface area contributed by atoms with Crippen LogP contribution in [0.15, 0.2) is 28.0 Å². The van der Waals surface area contributed by atoms with Crippen molar-refractivity contribution >= 4 is 23.7 Å². The largest absolute Gasteiger partial charge is 0.481 e. The van der Waals surface area contributed by atoms with Gasteiger partial charge in [-0.3, -0.25) is 9.36 Å². The zero-order chi connectivity index (χ0) is 12.3. The first-order valence-electron chi connectivity index (χ1n) is 4.72. The van der Waals surface area contributed by atoms with E-state index in [4.69, 9.17) is 15.3 Å². The summed E-state index contributed by atoms with van der Waals surface area (Å²) in [6.45, 7) is 0.383. The van der Waals surface area contributed by atoms with E-state index in [2.05, 4.69) is 10.2 Å². The molecule has 0 aliphatic rings. The fraction of sp³-hybridized carbons (Fsp3) is 0.222. The lowest BCUT2D eigenvalue weighted by Crippen LogP contribution is -2.07. The van der Waals surface area contributed by atoms with Crippen molar-refractivity contribution in [1.29, 1.82) is 0 Å². The van der Waals surface area contributed by atoms with Crippen molar-refractivity contribution in [1.82, 2.24) is 14.8 Å². The van der Waals surface area contributed by atoms with E-state index in [1.165, 1.54) is 0 Å². The van der Waals surface area contributed by atoms with Gasteiger partial charge in [0.1, 0.15) is 5.76 Å². The van der Waals surface area contributed by atoms with E-state index in [0.717, 1.165) is 11.8 Å². The Balaban J connectivity index is 2.14. The van der Waals surface area contributed by atoms with Gasteiger partial charge in [-0.25, -0.2) is 0 Å². The number of furan rings is 1. The molecule has 2 heterocycles. The molecule has 0 fully saturated rings. The molecule has 0 bridgehead atoms. The van der Waals surface area contributed by atoms with E-state index in [1.807, 2.05) is 0 Å². The molecule has 17 heavy (non-hydrogen) atoms. The average Bonchev–Trinajstić information content (AvgIpc) is 2.89. The number of hydrogen-bond acceptors (Lipinski definition) is 6. The number of nitrogens with zero attached hydrogens (tertiary/aromatic N) is 3. The molecule has 0 amide bonds. The van der Waals surface area contributed by atoms with E-state index >= 15 is 0 Å². The molecule has 90 valence electrons. The minimum Gasteiger partial charge on any atom is -0.481 e. The standard InChI is InChI=1S/C9H10N4O3S/c10-8-11-12-9(17-5-7(14)15)13(8)4-6-2-1-3-16-6/h1-3H,4-5H2,(H2,10,11)(H,14,15). The van der Waals surface area contributed by atoms with Crippen molar-refractivity contribution in [2.24, 2.45) is 0 Å². The maximum absolute atomic E-state index is 10.5. The number of carboxylic acids is 1. The predicted octanol–water partition coefficient (Wildman–Crippen LogP) is 0.678. The third-order valence-corrected chi connectivity index (χ3v) is 2.92. The number of aromatic nitrogens is 3. The zero-order valence-corrected chi connectivity index (χ0v) is 9.55. The van der Waals surface area contributed by atoms with Gasteiger partial charge in [0, 0.05) is 0 Å². The topological polar surface area (TPSA) is 107 Å². The van der Waals surface area contributed by atoms with Crippen molar-refractivity contribution in [3.05, 3.63) is 24.2 Å².